The highest BCUT2D eigenvalue weighted by Gasteiger charge is 2.38. The van der Waals surface area contributed by atoms with Crippen LogP contribution in [-0.4, -0.2) is 19.6 Å². The number of furan rings is 1. The summed E-state index contributed by atoms with van der Waals surface area (Å²) in [5, 5.41) is 14.2. The summed E-state index contributed by atoms with van der Waals surface area (Å²) in [5.74, 6) is 1.79. The predicted molar refractivity (Wildman–Crippen MR) is 222 cm³/mol. The van der Waals surface area contributed by atoms with Crippen LogP contribution in [0.15, 0.2) is 126 Å². The lowest BCUT2D eigenvalue weighted by Crippen LogP contribution is -2.14. The zero-order valence-electron chi connectivity index (χ0n) is 31.4. The van der Waals surface area contributed by atoms with E-state index in [4.69, 9.17) is 14.4 Å². The van der Waals surface area contributed by atoms with Crippen molar-refractivity contribution in [3.63, 3.8) is 0 Å². The Balaban J connectivity index is 1.24. The fraction of sp³-hybridized carbons (Fsp3) is 0.184. The second kappa shape index (κ2) is 11.6. The van der Waals surface area contributed by atoms with Crippen molar-refractivity contribution in [3.05, 3.63) is 144 Å². The highest BCUT2D eigenvalue weighted by Crippen LogP contribution is 2.54. The number of benzene rings is 6. The van der Waals surface area contributed by atoms with Crippen molar-refractivity contribution in [2.45, 2.75) is 58.8 Å². The topological polar surface area (TPSA) is 64.1 Å². The minimum atomic E-state index is -0.248. The fourth-order valence-corrected chi connectivity index (χ4v) is 9.00. The maximum absolute atomic E-state index is 11.2. The monoisotopic (exact) mass is 703 g/mol. The Labute approximate surface area is 314 Å². The third kappa shape index (κ3) is 4.57. The van der Waals surface area contributed by atoms with Gasteiger partial charge in [0.25, 0.3) is 0 Å². The zero-order valence-corrected chi connectivity index (χ0v) is 31.4. The summed E-state index contributed by atoms with van der Waals surface area (Å²) >= 11 is 0. The third-order valence-electron chi connectivity index (χ3n) is 11.7. The van der Waals surface area contributed by atoms with Crippen molar-refractivity contribution in [1.82, 2.24) is 14.5 Å². The summed E-state index contributed by atoms with van der Waals surface area (Å²) < 4.78 is 8.93. The molecule has 3 heterocycles. The van der Waals surface area contributed by atoms with Crippen molar-refractivity contribution in [1.29, 1.82) is 0 Å². The van der Waals surface area contributed by atoms with Gasteiger partial charge in [-0.25, -0.2) is 9.97 Å². The molecule has 5 nitrogen and oxygen atoms in total. The minimum absolute atomic E-state index is 0.206. The van der Waals surface area contributed by atoms with Crippen LogP contribution in [-0.2, 0) is 5.41 Å². The van der Waals surface area contributed by atoms with Gasteiger partial charge in [0.1, 0.15) is 22.7 Å². The van der Waals surface area contributed by atoms with E-state index in [1.165, 1.54) is 33.5 Å². The van der Waals surface area contributed by atoms with Gasteiger partial charge in [0.2, 0.25) is 0 Å². The molecule has 1 aliphatic rings. The Hall–Kier alpha value is -6.20. The van der Waals surface area contributed by atoms with E-state index in [-0.39, 0.29) is 11.2 Å². The highest BCUT2D eigenvalue weighted by atomic mass is 16.3. The van der Waals surface area contributed by atoms with E-state index in [1.54, 1.807) is 6.07 Å². The molecule has 0 bridgehead atoms. The van der Waals surface area contributed by atoms with Gasteiger partial charge in [-0.1, -0.05) is 120 Å². The number of fused-ring (bicyclic) bond motifs is 9. The molecule has 0 spiro atoms. The minimum Gasteiger partial charge on any atom is -0.507 e. The summed E-state index contributed by atoms with van der Waals surface area (Å²) in [7, 11) is 0. The standard InChI is InChI=1S/C49H41N3O2/c1-27(2)31-14-11-15-32(28(3)4)47(31)52-39-17-10-9-16-37(39)51-48(52)30-18-20-35-34(26-30)43-36(49(35,5)6)21-24-41-45(43)46-42(54-41)25-22-38(50-46)44-33-13-8-7-12-29(33)19-23-40(44)53/h7-28,53H,1-6H3. The average molecular weight is 704 g/mol. The smallest absolute Gasteiger partial charge is 0.153 e. The van der Waals surface area contributed by atoms with Gasteiger partial charge >= 0.3 is 0 Å². The molecule has 1 aliphatic carbocycles. The first-order valence-electron chi connectivity index (χ1n) is 19.0. The van der Waals surface area contributed by atoms with Crippen LogP contribution in [0.5, 0.6) is 5.75 Å². The van der Waals surface area contributed by atoms with Crippen LogP contribution in [0, 0.1) is 0 Å². The molecular formula is C49H41N3O2. The van der Waals surface area contributed by atoms with E-state index >= 15 is 0 Å². The largest absolute Gasteiger partial charge is 0.507 e. The van der Waals surface area contributed by atoms with E-state index in [9.17, 15) is 5.11 Å². The van der Waals surface area contributed by atoms with Crippen LogP contribution in [0.2, 0.25) is 0 Å². The number of aromatic hydroxyl groups is 1. The lowest BCUT2D eigenvalue weighted by molar-refractivity contribution is 0.478. The molecule has 264 valence electrons. The predicted octanol–water partition coefficient (Wildman–Crippen LogP) is 13.1. The number of pyridine rings is 1. The normalized spacial score (nSPS) is 13.6. The molecule has 10 rings (SSSR count). The number of phenolic OH excluding ortho intramolecular Hbond substituents is 1. The number of nitrogens with zero attached hydrogens (tertiary/aromatic N) is 3. The highest BCUT2D eigenvalue weighted by molar-refractivity contribution is 6.14. The fourth-order valence-electron chi connectivity index (χ4n) is 9.00. The lowest BCUT2D eigenvalue weighted by atomic mass is 9.82. The van der Waals surface area contributed by atoms with Gasteiger partial charge in [-0.3, -0.25) is 4.57 Å². The van der Waals surface area contributed by atoms with Crippen LogP contribution in [0.3, 0.4) is 0 Å². The second-order valence-electron chi connectivity index (χ2n) is 15.9. The zero-order chi connectivity index (χ0) is 37.0. The summed E-state index contributed by atoms with van der Waals surface area (Å²) in [6.07, 6.45) is 0. The quantitative estimate of drug-likeness (QED) is 0.194. The number of phenols is 1. The lowest BCUT2D eigenvalue weighted by Gasteiger charge is -2.23. The molecule has 0 fully saturated rings. The van der Waals surface area contributed by atoms with E-state index in [0.717, 1.165) is 66.4 Å². The van der Waals surface area contributed by atoms with Crippen LogP contribution in [0.1, 0.15) is 75.6 Å². The molecular weight excluding hydrogens is 663 g/mol. The Morgan fingerprint density at radius 3 is 2.19 bits per heavy atom. The number of aromatic nitrogens is 3. The van der Waals surface area contributed by atoms with E-state index < -0.39 is 0 Å². The van der Waals surface area contributed by atoms with E-state index in [1.807, 2.05) is 36.4 Å². The molecule has 5 heteroatoms. The Bertz CT molecular complexity index is 2970. The molecule has 54 heavy (non-hydrogen) atoms. The van der Waals surface area contributed by atoms with Crippen LogP contribution < -0.4 is 0 Å². The van der Waals surface area contributed by atoms with Crippen molar-refractivity contribution in [3.8, 4) is 45.2 Å². The van der Waals surface area contributed by atoms with Crippen molar-refractivity contribution < 1.29 is 9.52 Å². The summed E-state index contributed by atoms with van der Waals surface area (Å²) in [5.41, 5.74) is 15.3. The van der Waals surface area contributed by atoms with Gasteiger partial charge in [-0.05, 0) is 98.5 Å². The molecule has 0 aliphatic heterocycles. The van der Waals surface area contributed by atoms with Crippen molar-refractivity contribution in [2.75, 3.05) is 0 Å². The average Bonchev–Trinajstić information content (AvgIpc) is 3.81. The number of hydrogen-bond acceptors (Lipinski definition) is 4. The summed E-state index contributed by atoms with van der Waals surface area (Å²) in [6.45, 7) is 13.7. The molecule has 0 amide bonds. The number of para-hydroxylation sites is 3. The van der Waals surface area contributed by atoms with Gasteiger partial charge < -0.3 is 9.52 Å². The third-order valence-corrected chi connectivity index (χ3v) is 11.7. The van der Waals surface area contributed by atoms with Crippen LogP contribution in [0.25, 0.3) is 83.3 Å². The molecule has 0 unspecified atom stereocenters. The van der Waals surface area contributed by atoms with Gasteiger partial charge in [0.05, 0.1) is 27.8 Å². The first-order valence-corrected chi connectivity index (χ1v) is 19.0. The molecule has 0 radical (unpaired) electrons. The van der Waals surface area contributed by atoms with Gasteiger partial charge in [0.15, 0.2) is 5.58 Å². The number of rotatable bonds is 5. The SMILES string of the molecule is CC(C)c1cccc(C(C)C)c1-n1c(-c2ccc3c(c2)-c2c(ccc4oc5ccc(-c6c(O)ccc7ccccc67)nc5c24)C3(C)C)nc2ccccc21. The van der Waals surface area contributed by atoms with Crippen LogP contribution in [0.4, 0.5) is 0 Å². The van der Waals surface area contributed by atoms with Gasteiger partial charge in [-0.15, -0.1) is 0 Å². The molecule has 1 N–H and O–H groups in total. The van der Waals surface area contributed by atoms with Crippen LogP contribution >= 0.6 is 0 Å². The molecule has 0 atom stereocenters. The Kier molecular flexibility index (Phi) is 7.00. The second-order valence-corrected chi connectivity index (χ2v) is 15.9. The van der Waals surface area contributed by atoms with Gasteiger partial charge in [0, 0.05) is 16.5 Å². The number of hydrogen-bond donors (Lipinski definition) is 1. The van der Waals surface area contributed by atoms with E-state index in [0.29, 0.717) is 17.5 Å². The number of imidazole rings is 1. The molecule has 6 aromatic carbocycles. The van der Waals surface area contributed by atoms with Crippen molar-refractivity contribution in [2.24, 2.45) is 0 Å². The first-order chi connectivity index (χ1) is 26.1. The van der Waals surface area contributed by atoms with Crippen molar-refractivity contribution >= 4 is 43.9 Å². The Morgan fingerprint density at radius 2 is 1.39 bits per heavy atom. The molecule has 9 aromatic rings. The molecule has 0 saturated heterocycles. The van der Waals surface area contributed by atoms with Gasteiger partial charge in [-0.2, -0.15) is 0 Å². The van der Waals surface area contributed by atoms with E-state index in [2.05, 4.69) is 125 Å². The summed E-state index contributed by atoms with van der Waals surface area (Å²) in [6, 6.07) is 42.2. The summed E-state index contributed by atoms with van der Waals surface area (Å²) in [4.78, 5) is 10.7. The Morgan fingerprint density at radius 1 is 0.667 bits per heavy atom. The molecule has 0 saturated carbocycles. The maximum Gasteiger partial charge on any atom is 0.153 e. The maximum atomic E-state index is 11.2. The first kappa shape index (κ1) is 32.5. The molecule has 3 aromatic heterocycles.